The Morgan fingerprint density at radius 1 is 1.06 bits per heavy atom. The third-order valence-electron chi connectivity index (χ3n) is 9.52. The molecule has 0 bridgehead atoms. The number of rotatable bonds is 2. The summed E-state index contributed by atoms with van der Waals surface area (Å²) in [5.74, 6) is 1.33. The second kappa shape index (κ2) is 7.30. The molecule has 6 atom stereocenters. The van der Waals surface area contributed by atoms with Crippen LogP contribution in [-0.4, -0.2) is 28.8 Å². The predicted octanol–water partition coefficient (Wildman–Crippen LogP) is 5.54. The van der Waals surface area contributed by atoms with Crippen molar-refractivity contribution in [2.24, 2.45) is 28.6 Å². The van der Waals surface area contributed by atoms with Gasteiger partial charge in [0.2, 0.25) is 0 Å². The summed E-state index contributed by atoms with van der Waals surface area (Å²) >= 11 is 0. The van der Waals surface area contributed by atoms with Gasteiger partial charge in [0.25, 0.3) is 0 Å². The summed E-state index contributed by atoms with van der Waals surface area (Å²) in [6, 6.07) is 0. The van der Waals surface area contributed by atoms with Gasteiger partial charge in [-0.2, -0.15) is 0 Å². The van der Waals surface area contributed by atoms with Crippen molar-refractivity contribution in [1.29, 1.82) is 0 Å². The molecule has 4 aliphatic carbocycles. The molecule has 4 aliphatic rings. The van der Waals surface area contributed by atoms with Crippen LogP contribution < -0.4 is 5.32 Å². The van der Waals surface area contributed by atoms with Gasteiger partial charge in [0.1, 0.15) is 0 Å². The highest BCUT2D eigenvalue weighted by Crippen LogP contribution is 2.68. The number of nitrogens with one attached hydrogen (secondary N) is 1. The summed E-state index contributed by atoms with van der Waals surface area (Å²) in [6.45, 7) is 13.9. The van der Waals surface area contributed by atoms with Crippen LogP contribution in [-0.2, 0) is 14.3 Å². The maximum absolute atomic E-state index is 13.1. The molecule has 0 radical (unpaired) electrons. The van der Waals surface area contributed by atoms with Crippen LogP contribution in [0.5, 0.6) is 0 Å². The lowest BCUT2D eigenvalue weighted by molar-refractivity contribution is -0.159. The van der Waals surface area contributed by atoms with E-state index in [0.29, 0.717) is 24.2 Å². The Kier molecular flexibility index (Phi) is 5.30. The summed E-state index contributed by atoms with van der Waals surface area (Å²) in [5.41, 5.74) is 0.523. The second-order valence-electron chi connectivity index (χ2n) is 12.2. The maximum atomic E-state index is 13.1. The maximum Gasteiger partial charge on any atom is 0.408 e. The molecule has 0 spiro atoms. The van der Waals surface area contributed by atoms with Gasteiger partial charge in [-0.05, 0) is 103 Å². The lowest BCUT2D eigenvalue weighted by atomic mass is 9.46. The first-order valence-electron chi connectivity index (χ1n) is 12.2. The third-order valence-corrected chi connectivity index (χ3v) is 9.52. The van der Waals surface area contributed by atoms with E-state index in [1.165, 1.54) is 11.1 Å². The first kappa shape index (κ1) is 23.3. The summed E-state index contributed by atoms with van der Waals surface area (Å²) < 4.78 is 6.09. The minimum absolute atomic E-state index is 0.0352. The number of Topliss-reactive ketones (excluding diaryl/α,β-unsaturated/α-hetero) is 1. The lowest BCUT2D eigenvalue weighted by Crippen LogP contribution is -2.60. The van der Waals surface area contributed by atoms with Crippen molar-refractivity contribution in [3.63, 3.8) is 0 Å². The van der Waals surface area contributed by atoms with Crippen molar-refractivity contribution in [1.82, 2.24) is 5.32 Å². The monoisotopic (exact) mass is 441 g/mol. The van der Waals surface area contributed by atoms with E-state index >= 15 is 0 Å². The average Bonchev–Trinajstić information content (AvgIpc) is 2.95. The van der Waals surface area contributed by atoms with Gasteiger partial charge in [-0.1, -0.05) is 25.0 Å². The number of carbonyl (C=O) groups is 3. The Labute approximate surface area is 192 Å². The zero-order valence-corrected chi connectivity index (χ0v) is 20.8. The summed E-state index contributed by atoms with van der Waals surface area (Å²) in [4.78, 5) is 38.1. The number of hydrogen-bond acceptors (Lipinski definition) is 4. The van der Waals surface area contributed by atoms with Crippen molar-refractivity contribution in [3.05, 3.63) is 23.3 Å². The molecule has 3 fully saturated rings. The minimum Gasteiger partial charge on any atom is -0.434 e. The average molecular weight is 442 g/mol. The number of carbonyl (C=O) groups excluding carboxylic acids is 3. The Balaban J connectivity index is 1.67. The van der Waals surface area contributed by atoms with Gasteiger partial charge in [-0.15, -0.1) is 0 Å². The SMILES string of the molecule is CC(=O)[C@@]1(OC(=O)NC(C)(C)C)CC[C@H]2[C@@H]3CCC4=CC(=O)C=C(C)[C@]4(C)[C@H]3CC[C@@]21C. The minimum atomic E-state index is -1.07. The van der Waals surface area contributed by atoms with Crippen molar-refractivity contribution >= 4 is 17.7 Å². The van der Waals surface area contributed by atoms with Crippen molar-refractivity contribution in [2.75, 3.05) is 0 Å². The molecule has 0 aromatic carbocycles. The molecule has 0 saturated heterocycles. The van der Waals surface area contributed by atoms with Gasteiger partial charge in [0.15, 0.2) is 17.2 Å². The standard InChI is InChI=1S/C27H39NO4/c1-16-14-19(30)15-18-8-9-20-21-11-13-27(17(2)29,32-23(31)28-24(3,4)5)25(21,6)12-10-22(20)26(16,18)7/h14-15,20-22H,8-13H2,1-7H3,(H,28,31)/t20-,21-,22-,25-,26-,27-/m0/s1. The highest BCUT2D eigenvalue weighted by Gasteiger charge is 2.68. The topological polar surface area (TPSA) is 72.5 Å². The first-order valence-corrected chi connectivity index (χ1v) is 12.2. The van der Waals surface area contributed by atoms with Gasteiger partial charge in [0.05, 0.1) is 0 Å². The smallest absolute Gasteiger partial charge is 0.408 e. The summed E-state index contributed by atoms with van der Waals surface area (Å²) in [7, 11) is 0. The van der Waals surface area contributed by atoms with Crippen LogP contribution in [0.2, 0.25) is 0 Å². The predicted molar refractivity (Wildman–Crippen MR) is 124 cm³/mol. The number of ketones is 2. The van der Waals surface area contributed by atoms with E-state index in [1.54, 1.807) is 6.92 Å². The fourth-order valence-electron chi connectivity index (χ4n) is 7.88. The third kappa shape index (κ3) is 3.21. The van der Waals surface area contributed by atoms with E-state index in [0.717, 1.165) is 32.1 Å². The fraction of sp³-hybridized carbons (Fsp3) is 0.741. The molecule has 5 nitrogen and oxygen atoms in total. The van der Waals surface area contributed by atoms with E-state index in [-0.39, 0.29) is 22.4 Å². The molecule has 3 saturated carbocycles. The van der Waals surface area contributed by atoms with E-state index in [2.05, 4.69) is 26.1 Å². The van der Waals surface area contributed by atoms with Gasteiger partial charge in [-0.3, -0.25) is 9.59 Å². The van der Waals surface area contributed by atoms with Crippen molar-refractivity contribution in [3.8, 4) is 0 Å². The first-order chi connectivity index (χ1) is 14.7. The van der Waals surface area contributed by atoms with Gasteiger partial charge in [0, 0.05) is 16.4 Å². The number of fused-ring (bicyclic) bond motifs is 5. The highest BCUT2D eigenvalue weighted by atomic mass is 16.6. The molecule has 1 N–H and O–H groups in total. The van der Waals surface area contributed by atoms with E-state index in [4.69, 9.17) is 4.74 Å². The van der Waals surface area contributed by atoms with Gasteiger partial charge in [-0.25, -0.2) is 4.79 Å². The number of ether oxygens (including phenoxy) is 1. The molecular formula is C27H39NO4. The van der Waals surface area contributed by atoms with Crippen LogP contribution in [0, 0.1) is 28.6 Å². The lowest BCUT2D eigenvalue weighted by Gasteiger charge is -2.59. The molecule has 4 rings (SSSR count). The number of hydrogen-bond donors (Lipinski definition) is 1. The number of alkyl carbamates (subject to hydrolysis) is 1. The van der Waals surface area contributed by atoms with Gasteiger partial charge >= 0.3 is 6.09 Å². The Bertz CT molecular complexity index is 924. The van der Waals surface area contributed by atoms with Crippen LogP contribution in [0.25, 0.3) is 0 Å². The summed E-state index contributed by atoms with van der Waals surface area (Å²) in [5, 5.41) is 2.89. The molecule has 1 amide bonds. The van der Waals surface area contributed by atoms with E-state index in [9.17, 15) is 14.4 Å². The fourth-order valence-corrected chi connectivity index (χ4v) is 7.88. The summed E-state index contributed by atoms with van der Waals surface area (Å²) in [6.07, 6.45) is 8.47. The zero-order chi connectivity index (χ0) is 23.7. The van der Waals surface area contributed by atoms with Crippen LogP contribution in [0.3, 0.4) is 0 Å². The van der Waals surface area contributed by atoms with Crippen LogP contribution in [0.15, 0.2) is 23.3 Å². The van der Waals surface area contributed by atoms with E-state index < -0.39 is 17.2 Å². The molecule has 0 heterocycles. The Morgan fingerprint density at radius 2 is 1.72 bits per heavy atom. The Morgan fingerprint density at radius 3 is 2.34 bits per heavy atom. The van der Waals surface area contributed by atoms with Gasteiger partial charge < -0.3 is 10.1 Å². The highest BCUT2D eigenvalue weighted by molar-refractivity contribution is 6.02. The van der Waals surface area contributed by atoms with E-state index in [1.807, 2.05) is 32.9 Å². The molecule has 0 aliphatic heterocycles. The Hall–Kier alpha value is -1.91. The molecular weight excluding hydrogens is 402 g/mol. The number of allylic oxidation sites excluding steroid dienone is 4. The van der Waals surface area contributed by atoms with Crippen LogP contribution in [0.1, 0.15) is 87.0 Å². The normalized spacial score (nSPS) is 41.0. The second-order valence-corrected chi connectivity index (χ2v) is 12.2. The molecule has 5 heteroatoms. The van der Waals surface area contributed by atoms with Crippen molar-refractivity contribution in [2.45, 2.75) is 98.1 Å². The molecule has 0 aromatic heterocycles. The molecule has 176 valence electrons. The molecule has 0 unspecified atom stereocenters. The number of amides is 1. The molecule has 32 heavy (non-hydrogen) atoms. The van der Waals surface area contributed by atoms with Crippen LogP contribution >= 0.6 is 0 Å². The van der Waals surface area contributed by atoms with Crippen molar-refractivity contribution < 1.29 is 19.1 Å². The quantitative estimate of drug-likeness (QED) is 0.611. The van der Waals surface area contributed by atoms with Crippen LogP contribution in [0.4, 0.5) is 4.79 Å². The zero-order valence-electron chi connectivity index (χ0n) is 20.8. The largest absolute Gasteiger partial charge is 0.434 e. The molecule has 0 aromatic rings.